The van der Waals surface area contributed by atoms with Crippen LogP contribution in [0, 0.1) is 0 Å². The van der Waals surface area contributed by atoms with Gasteiger partial charge in [0.25, 0.3) is 0 Å². The monoisotopic (exact) mass is 215 g/mol. The summed E-state index contributed by atoms with van der Waals surface area (Å²) in [6, 6.07) is 0. The lowest BCUT2D eigenvalue weighted by molar-refractivity contribution is -0.127. The summed E-state index contributed by atoms with van der Waals surface area (Å²) in [4.78, 5) is 21.6. The Balaban J connectivity index is 2.07. The van der Waals surface area contributed by atoms with E-state index in [4.69, 9.17) is 10.5 Å². The molecule has 0 aliphatic carbocycles. The van der Waals surface area contributed by atoms with E-state index in [0.29, 0.717) is 0 Å². The van der Waals surface area contributed by atoms with Crippen LogP contribution in [-0.4, -0.2) is 24.6 Å². The molecule has 0 unspecified atom stereocenters. The van der Waals surface area contributed by atoms with Crippen LogP contribution >= 0.6 is 0 Å². The SMILES string of the molecule is NC(=O)CCC(=O)NN[C@H]1CCCCO1. The Morgan fingerprint density at radius 2 is 2.13 bits per heavy atom. The van der Waals surface area contributed by atoms with Gasteiger partial charge >= 0.3 is 0 Å². The minimum Gasteiger partial charge on any atom is -0.370 e. The Kier molecular flexibility index (Phi) is 5.06. The third-order valence-corrected chi connectivity index (χ3v) is 2.15. The highest BCUT2D eigenvalue weighted by Gasteiger charge is 2.13. The number of primary amides is 1. The number of hydrogen-bond acceptors (Lipinski definition) is 4. The highest BCUT2D eigenvalue weighted by Crippen LogP contribution is 2.09. The molecule has 0 saturated carbocycles. The van der Waals surface area contributed by atoms with E-state index < -0.39 is 5.91 Å². The van der Waals surface area contributed by atoms with Crippen LogP contribution in [0.1, 0.15) is 32.1 Å². The van der Waals surface area contributed by atoms with Gasteiger partial charge in [0.2, 0.25) is 11.8 Å². The quantitative estimate of drug-likeness (QED) is 0.534. The highest BCUT2D eigenvalue weighted by atomic mass is 16.5. The fourth-order valence-electron chi connectivity index (χ4n) is 1.31. The fraction of sp³-hybridized carbons (Fsp3) is 0.778. The first-order chi connectivity index (χ1) is 7.18. The summed E-state index contributed by atoms with van der Waals surface area (Å²) in [5.41, 5.74) is 10.2. The zero-order chi connectivity index (χ0) is 11.1. The van der Waals surface area contributed by atoms with Crippen LogP contribution in [0.5, 0.6) is 0 Å². The van der Waals surface area contributed by atoms with Crippen molar-refractivity contribution in [2.45, 2.75) is 38.3 Å². The predicted molar refractivity (Wildman–Crippen MR) is 53.3 cm³/mol. The second-order valence-electron chi connectivity index (χ2n) is 3.51. The fourth-order valence-corrected chi connectivity index (χ4v) is 1.31. The number of rotatable bonds is 5. The molecule has 4 N–H and O–H groups in total. The van der Waals surface area contributed by atoms with Gasteiger partial charge in [-0.1, -0.05) is 0 Å². The number of carbonyl (C=O) groups excluding carboxylic acids is 2. The number of amides is 2. The van der Waals surface area contributed by atoms with Gasteiger partial charge in [-0.25, -0.2) is 5.43 Å². The number of hydrazine groups is 1. The van der Waals surface area contributed by atoms with Gasteiger partial charge in [0.15, 0.2) is 0 Å². The van der Waals surface area contributed by atoms with Gasteiger partial charge in [0.05, 0.1) is 0 Å². The molecule has 1 fully saturated rings. The van der Waals surface area contributed by atoms with Gasteiger partial charge in [0, 0.05) is 19.4 Å². The zero-order valence-electron chi connectivity index (χ0n) is 8.62. The first kappa shape index (κ1) is 11.9. The van der Waals surface area contributed by atoms with Crippen molar-refractivity contribution < 1.29 is 14.3 Å². The first-order valence-corrected chi connectivity index (χ1v) is 5.13. The van der Waals surface area contributed by atoms with E-state index in [0.717, 1.165) is 25.9 Å². The van der Waals surface area contributed by atoms with Crippen molar-refractivity contribution in [3.8, 4) is 0 Å². The Bertz CT molecular complexity index is 227. The lowest BCUT2D eigenvalue weighted by Crippen LogP contribution is -2.46. The first-order valence-electron chi connectivity index (χ1n) is 5.13. The largest absolute Gasteiger partial charge is 0.370 e. The van der Waals surface area contributed by atoms with E-state index in [9.17, 15) is 9.59 Å². The highest BCUT2D eigenvalue weighted by molar-refractivity contribution is 5.82. The molecule has 6 nitrogen and oxygen atoms in total. The molecule has 0 aromatic rings. The summed E-state index contributed by atoms with van der Waals surface area (Å²) in [5.74, 6) is -0.720. The van der Waals surface area contributed by atoms with Gasteiger partial charge in [-0.3, -0.25) is 15.0 Å². The summed E-state index contributed by atoms with van der Waals surface area (Å²) < 4.78 is 5.34. The van der Waals surface area contributed by atoms with Crippen molar-refractivity contribution in [2.75, 3.05) is 6.61 Å². The van der Waals surface area contributed by atoms with E-state index in [1.165, 1.54) is 0 Å². The van der Waals surface area contributed by atoms with Crippen LogP contribution in [-0.2, 0) is 14.3 Å². The lowest BCUT2D eigenvalue weighted by Gasteiger charge is -2.23. The molecular formula is C9H17N3O3. The minimum atomic E-state index is -0.473. The number of ether oxygens (including phenoxy) is 1. The van der Waals surface area contributed by atoms with Crippen LogP contribution in [0.3, 0.4) is 0 Å². The second kappa shape index (κ2) is 6.36. The smallest absolute Gasteiger partial charge is 0.234 e. The van der Waals surface area contributed by atoms with Gasteiger partial charge in [-0.2, -0.15) is 0 Å². The Labute approximate surface area is 88.5 Å². The summed E-state index contributed by atoms with van der Waals surface area (Å²) in [7, 11) is 0. The normalized spacial score (nSPS) is 20.9. The minimum absolute atomic E-state index is 0.0685. The average molecular weight is 215 g/mol. The Morgan fingerprint density at radius 3 is 2.73 bits per heavy atom. The third-order valence-electron chi connectivity index (χ3n) is 2.15. The van der Waals surface area contributed by atoms with E-state index in [2.05, 4.69) is 10.9 Å². The molecule has 1 aliphatic rings. The van der Waals surface area contributed by atoms with Crippen molar-refractivity contribution in [1.82, 2.24) is 10.9 Å². The molecule has 0 bridgehead atoms. The molecule has 1 aliphatic heterocycles. The number of nitrogens with two attached hydrogens (primary N) is 1. The van der Waals surface area contributed by atoms with Crippen LogP contribution < -0.4 is 16.6 Å². The van der Waals surface area contributed by atoms with E-state index in [1.807, 2.05) is 0 Å². The van der Waals surface area contributed by atoms with Gasteiger partial charge in [-0.05, 0) is 19.3 Å². The maximum atomic E-state index is 11.2. The standard InChI is InChI=1S/C9H17N3O3/c10-7(13)4-5-8(14)11-12-9-3-1-2-6-15-9/h9,12H,1-6H2,(H2,10,13)(H,11,14)/t9-/m1/s1. The molecule has 2 amide bonds. The average Bonchev–Trinajstić information content (AvgIpc) is 2.25. The molecule has 1 saturated heterocycles. The molecule has 0 spiro atoms. The molecule has 15 heavy (non-hydrogen) atoms. The van der Waals surface area contributed by atoms with Crippen molar-refractivity contribution in [1.29, 1.82) is 0 Å². The molecular weight excluding hydrogens is 198 g/mol. The zero-order valence-corrected chi connectivity index (χ0v) is 8.62. The summed E-state index contributed by atoms with van der Waals surface area (Å²) >= 11 is 0. The molecule has 86 valence electrons. The van der Waals surface area contributed by atoms with Crippen LogP contribution in [0.25, 0.3) is 0 Å². The summed E-state index contributed by atoms with van der Waals surface area (Å²) in [5, 5.41) is 0. The van der Waals surface area contributed by atoms with E-state index in [-0.39, 0.29) is 25.0 Å². The second-order valence-corrected chi connectivity index (χ2v) is 3.51. The van der Waals surface area contributed by atoms with Crippen molar-refractivity contribution >= 4 is 11.8 Å². The van der Waals surface area contributed by atoms with Crippen LogP contribution in [0.4, 0.5) is 0 Å². The summed E-state index contributed by atoms with van der Waals surface area (Å²) in [6.45, 7) is 0.717. The number of nitrogens with one attached hydrogen (secondary N) is 2. The topological polar surface area (TPSA) is 93.5 Å². The van der Waals surface area contributed by atoms with Crippen molar-refractivity contribution in [2.24, 2.45) is 5.73 Å². The van der Waals surface area contributed by atoms with E-state index in [1.54, 1.807) is 0 Å². The van der Waals surface area contributed by atoms with Crippen molar-refractivity contribution in [3.63, 3.8) is 0 Å². The van der Waals surface area contributed by atoms with Crippen LogP contribution in [0.15, 0.2) is 0 Å². The molecule has 1 heterocycles. The molecule has 0 radical (unpaired) electrons. The van der Waals surface area contributed by atoms with Gasteiger partial charge in [0.1, 0.15) is 6.23 Å². The summed E-state index contributed by atoms with van der Waals surface area (Å²) in [6.07, 6.45) is 3.10. The lowest BCUT2D eigenvalue weighted by atomic mass is 10.2. The molecule has 0 aromatic carbocycles. The molecule has 1 atom stereocenters. The number of hydrogen-bond donors (Lipinski definition) is 3. The Hall–Kier alpha value is -1.14. The molecule has 6 heteroatoms. The predicted octanol–water partition coefficient (Wildman–Crippen LogP) is -0.601. The van der Waals surface area contributed by atoms with E-state index >= 15 is 0 Å². The molecule has 1 rings (SSSR count). The third kappa shape index (κ3) is 5.34. The van der Waals surface area contributed by atoms with Gasteiger partial charge in [-0.15, -0.1) is 0 Å². The maximum absolute atomic E-state index is 11.2. The maximum Gasteiger partial charge on any atom is 0.234 e. The van der Waals surface area contributed by atoms with Crippen molar-refractivity contribution in [3.05, 3.63) is 0 Å². The number of carbonyl (C=O) groups is 2. The Morgan fingerprint density at radius 1 is 1.33 bits per heavy atom. The van der Waals surface area contributed by atoms with Crippen LogP contribution in [0.2, 0.25) is 0 Å². The van der Waals surface area contributed by atoms with Gasteiger partial charge < -0.3 is 10.5 Å². The molecule has 0 aromatic heterocycles.